The molecule has 1 aromatic heterocycles. The van der Waals surface area contributed by atoms with Crippen LogP contribution in [0.2, 0.25) is 0 Å². The summed E-state index contributed by atoms with van der Waals surface area (Å²) >= 11 is 3.56. The Balaban J connectivity index is 1.27. The molecular weight excluding hydrogens is 338 g/mol. The first-order valence-electron chi connectivity index (χ1n) is 8.75. The molecule has 0 saturated carbocycles. The fraction of sp³-hybridized carbons (Fsp3) is 0.556. The number of fused-ring (bicyclic) bond motifs is 1. The normalized spacial score (nSPS) is 22.9. The Morgan fingerprint density at radius 2 is 2.08 bits per heavy atom. The van der Waals surface area contributed by atoms with E-state index >= 15 is 0 Å². The monoisotopic (exact) mass is 361 g/mol. The molecular formula is C18H23N3OS2. The quantitative estimate of drug-likeness (QED) is 0.908. The third kappa shape index (κ3) is 3.60. The summed E-state index contributed by atoms with van der Waals surface area (Å²) in [6.07, 6.45) is 3.74. The summed E-state index contributed by atoms with van der Waals surface area (Å²) in [5.74, 6) is 3.21. The van der Waals surface area contributed by atoms with Crippen LogP contribution in [0, 0.1) is 5.92 Å². The Bertz CT molecular complexity index is 670. The van der Waals surface area contributed by atoms with Gasteiger partial charge in [0.2, 0.25) is 0 Å². The lowest BCUT2D eigenvalue weighted by Crippen LogP contribution is -2.43. The Labute approximate surface area is 151 Å². The highest BCUT2D eigenvalue weighted by molar-refractivity contribution is 7.99. The van der Waals surface area contributed by atoms with Gasteiger partial charge in [-0.2, -0.15) is 11.8 Å². The number of amides is 1. The van der Waals surface area contributed by atoms with E-state index in [4.69, 9.17) is 0 Å². The van der Waals surface area contributed by atoms with Crippen molar-refractivity contribution in [1.82, 2.24) is 15.2 Å². The predicted octanol–water partition coefficient (Wildman–Crippen LogP) is 3.24. The maximum Gasteiger partial charge on any atom is 0.280 e. The molecule has 1 aromatic carbocycles. The molecule has 24 heavy (non-hydrogen) atoms. The molecule has 1 N–H and O–H groups in total. The number of benzene rings is 1. The van der Waals surface area contributed by atoms with E-state index in [1.54, 1.807) is 0 Å². The van der Waals surface area contributed by atoms with Gasteiger partial charge in [0.25, 0.3) is 5.91 Å². The SMILES string of the molecule is O=C(NCC1CCN([C@H]2CCSC2)CC1)c1nc2ccccc2s1. The lowest BCUT2D eigenvalue weighted by molar-refractivity contribution is 0.0928. The van der Waals surface area contributed by atoms with Gasteiger partial charge in [0.1, 0.15) is 0 Å². The van der Waals surface area contributed by atoms with Gasteiger partial charge in [-0.05, 0) is 56.2 Å². The fourth-order valence-electron chi connectivity index (χ4n) is 3.61. The Morgan fingerprint density at radius 3 is 2.83 bits per heavy atom. The first kappa shape index (κ1) is 16.4. The van der Waals surface area contributed by atoms with Crippen molar-refractivity contribution in [2.45, 2.75) is 25.3 Å². The average molecular weight is 362 g/mol. The Kier molecular flexibility index (Phi) is 5.06. The van der Waals surface area contributed by atoms with Crippen molar-refractivity contribution in [3.8, 4) is 0 Å². The van der Waals surface area contributed by atoms with Crippen molar-refractivity contribution in [1.29, 1.82) is 0 Å². The minimum Gasteiger partial charge on any atom is -0.350 e. The van der Waals surface area contributed by atoms with E-state index in [-0.39, 0.29) is 5.91 Å². The van der Waals surface area contributed by atoms with Gasteiger partial charge in [-0.1, -0.05) is 12.1 Å². The lowest BCUT2D eigenvalue weighted by Gasteiger charge is -2.35. The minimum atomic E-state index is -0.0224. The van der Waals surface area contributed by atoms with Crippen molar-refractivity contribution in [3.05, 3.63) is 29.3 Å². The van der Waals surface area contributed by atoms with E-state index in [0.29, 0.717) is 10.9 Å². The summed E-state index contributed by atoms with van der Waals surface area (Å²) in [6, 6.07) is 8.72. The minimum absolute atomic E-state index is 0.0224. The number of nitrogens with one attached hydrogen (secondary N) is 1. The summed E-state index contributed by atoms with van der Waals surface area (Å²) in [5, 5.41) is 3.68. The Hall–Kier alpha value is -1.11. The number of hydrogen-bond donors (Lipinski definition) is 1. The third-order valence-corrected chi connectivity index (χ3v) is 7.29. The number of carbonyl (C=O) groups is 1. The first-order chi connectivity index (χ1) is 11.8. The molecule has 0 unspecified atom stereocenters. The van der Waals surface area contributed by atoms with Crippen molar-refractivity contribution in [2.24, 2.45) is 5.92 Å². The smallest absolute Gasteiger partial charge is 0.280 e. The molecule has 4 nitrogen and oxygen atoms in total. The maximum atomic E-state index is 12.4. The van der Waals surface area contributed by atoms with Gasteiger partial charge in [0.15, 0.2) is 5.01 Å². The number of hydrogen-bond acceptors (Lipinski definition) is 5. The van der Waals surface area contributed by atoms with E-state index in [1.807, 2.05) is 24.3 Å². The summed E-state index contributed by atoms with van der Waals surface area (Å²) in [7, 11) is 0. The fourth-order valence-corrected chi connectivity index (χ4v) is 5.75. The molecule has 2 fully saturated rings. The molecule has 4 rings (SSSR count). The predicted molar refractivity (Wildman–Crippen MR) is 102 cm³/mol. The highest BCUT2D eigenvalue weighted by Gasteiger charge is 2.27. The number of likely N-dealkylation sites (tertiary alicyclic amines) is 1. The molecule has 2 aliphatic heterocycles. The van der Waals surface area contributed by atoms with Gasteiger partial charge in [-0.15, -0.1) is 11.3 Å². The zero-order chi connectivity index (χ0) is 16.4. The number of nitrogens with zero attached hydrogens (tertiary/aromatic N) is 2. The molecule has 0 spiro atoms. The van der Waals surface area contributed by atoms with Crippen LogP contribution in [0.1, 0.15) is 29.1 Å². The molecule has 3 heterocycles. The van der Waals surface area contributed by atoms with Crippen LogP contribution < -0.4 is 5.32 Å². The molecule has 0 radical (unpaired) electrons. The van der Waals surface area contributed by atoms with E-state index in [0.717, 1.165) is 22.8 Å². The number of rotatable bonds is 4. The van der Waals surface area contributed by atoms with Crippen molar-refractivity contribution < 1.29 is 4.79 Å². The molecule has 2 aliphatic rings. The van der Waals surface area contributed by atoms with Crippen LogP contribution in [0.25, 0.3) is 10.2 Å². The second kappa shape index (κ2) is 7.42. The number of carbonyl (C=O) groups excluding carboxylic acids is 1. The molecule has 1 amide bonds. The third-order valence-electron chi connectivity index (χ3n) is 5.11. The summed E-state index contributed by atoms with van der Waals surface area (Å²) in [5.41, 5.74) is 0.912. The molecule has 0 bridgehead atoms. The number of piperidine rings is 1. The van der Waals surface area contributed by atoms with Gasteiger partial charge < -0.3 is 5.32 Å². The van der Waals surface area contributed by atoms with Crippen LogP contribution in [0.4, 0.5) is 0 Å². The van der Waals surface area contributed by atoms with E-state index in [9.17, 15) is 4.79 Å². The topological polar surface area (TPSA) is 45.2 Å². The summed E-state index contributed by atoms with van der Waals surface area (Å²) in [6.45, 7) is 3.15. The molecule has 0 aliphatic carbocycles. The van der Waals surface area contributed by atoms with Gasteiger partial charge in [0.05, 0.1) is 10.2 Å². The zero-order valence-corrected chi connectivity index (χ0v) is 15.4. The maximum absolute atomic E-state index is 12.4. The molecule has 2 aromatic rings. The lowest BCUT2D eigenvalue weighted by atomic mass is 9.95. The second-order valence-electron chi connectivity index (χ2n) is 6.69. The van der Waals surface area contributed by atoms with Crippen LogP contribution in [0.5, 0.6) is 0 Å². The summed E-state index contributed by atoms with van der Waals surface area (Å²) in [4.78, 5) is 19.4. The molecule has 6 heteroatoms. The summed E-state index contributed by atoms with van der Waals surface area (Å²) < 4.78 is 1.07. The number of aromatic nitrogens is 1. The van der Waals surface area contributed by atoms with Gasteiger partial charge in [-0.25, -0.2) is 4.98 Å². The van der Waals surface area contributed by atoms with Gasteiger partial charge in [-0.3, -0.25) is 9.69 Å². The number of thioether (sulfide) groups is 1. The highest BCUT2D eigenvalue weighted by Crippen LogP contribution is 2.27. The van der Waals surface area contributed by atoms with Gasteiger partial charge in [0, 0.05) is 18.3 Å². The van der Waals surface area contributed by atoms with E-state index in [1.165, 1.54) is 55.2 Å². The zero-order valence-electron chi connectivity index (χ0n) is 13.7. The molecule has 128 valence electrons. The number of para-hydroxylation sites is 1. The van der Waals surface area contributed by atoms with Crippen LogP contribution >= 0.6 is 23.1 Å². The second-order valence-corrected chi connectivity index (χ2v) is 8.87. The first-order valence-corrected chi connectivity index (χ1v) is 10.7. The standard InChI is InChI=1S/C18H23N3OS2/c22-17(18-20-15-3-1-2-4-16(15)24-18)19-11-13-5-8-21(9-6-13)14-7-10-23-12-14/h1-4,13-14H,5-12H2,(H,19,22)/t14-/m0/s1. The van der Waals surface area contributed by atoms with Crippen LogP contribution in [0.3, 0.4) is 0 Å². The van der Waals surface area contributed by atoms with Gasteiger partial charge >= 0.3 is 0 Å². The van der Waals surface area contributed by atoms with Crippen LogP contribution in [-0.4, -0.2) is 53.0 Å². The highest BCUT2D eigenvalue weighted by atomic mass is 32.2. The van der Waals surface area contributed by atoms with E-state index in [2.05, 4.69) is 27.0 Å². The molecule has 1 atom stereocenters. The largest absolute Gasteiger partial charge is 0.350 e. The van der Waals surface area contributed by atoms with Crippen molar-refractivity contribution in [3.63, 3.8) is 0 Å². The average Bonchev–Trinajstić information content (AvgIpc) is 3.29. The van der Waals surface area contributed by atoms with Crippen molar-refractivity contribution >= 4 is 39.2 Å². The molecule has 2 saturated heterocycles. The number of thiazole rings is 1. The van der Waals surface area contributed by atoms with E-state index < -0.39 is 0 Å². The van der Waals surface area contributed by atoms with Crippen LogP contribution in [-0.2, 0) is 0 Å². The van der Waals surface area contributed by atoms with Crippen molar-refractivity contribution in [2.75, 3.05) is 31.1 Å². The van der Waals surface area contributed by atoms with Crippen LogP contribution in [0.15, 0.2) is 24.3 Å². The Morgan fingerprint density at radius 1 is 1.25 bits per heavy atom.